The number of amides is 1. The fourth-order valence-electron chi connectivity index (χ4n) is 5.36. The van der Waals surface area contributed by atoms with E-state index in [1.165, 1.54) is 0 Å². The highest BCUT2D eigenvalue weighted by Crippen LogP contribution is 2.40. The molecule has 29 heavy (non-hydrogen) atoms. The third-order valence-electron chi connectivity index (χ3n) is 7.03. The zero-order chi connectivity index (χ0) is 21.0. The van der Waals surface area contributed by atoms with Gasteiger partial charge in [-0.15, -0.1) is 0 Å². The number of benzene rings is 1. The second-order valence-electron chi connectivity index (χ2n) is 8.19. The summed E-state index contributed by atoms with van der Waals surface area (Å²) in [4.78, 5) is 24.5. The molecule has 160 valence electrons. The lowest BCUT2D eigenvalue weighted by Crippen LogP contribution is -2.57. The van der Waals surface area contributed by atoms with Crippen LogP contribution in [0.5, 0.6) is 0 Å². The van der Waals surface area contributed by atoms with E-state index >= 15 is 0 Å². The van der Waals surface area contributed by atoms with Crippen LogP contribution in [0.3, 0.4) is 0 Å². The number of ether oxygens (including phenoxy) is 1. The van der Waals surface area contributed by atoms with Crippen LogP contribution in [0.4, 0.5) is 0 Å². The Balaban J connectivity index is 1.83. The van der Waals surface area contributed by atoms with E-state index in [4.69, 9.17) is 4.74 Å². The van der Waals surface area contributed by atoms with Gasteiger partial charge in [-0.3, -0.25) is 19.9 Å². The fourth-order valence-corrected chi connectivity index (χ4v) is 5.36. The van der Waals surface area contributed by atoms with Crippen molar-refractivity contribution in [1.82, 2.24) is 10.0 Å². The molecule has 1 amide bonds. The maximum Gasteiger partial charge on any atom is 0.240 e. The molecule has 2 saturated heterocycles. The van der Waals surface area contributed by atoms with Gasteiger partial charge in [0.15, 0.2) is 0 Å². The number of methoxy groups -OCH3 is 1. The SMILES string of the molecule is CCC(CC)(OC)[C@@H]1CCCN1N1CC[C@H]([C@@H](C[N+](=O)[O-])c2ccccc2)C1=O. The normalized spacial score (nSPS) is 24.2. The fraction of sp³-hybridized carbons (Fsp3) is 0.682. The summed E-state index contributed by atoms with van der Waals surface area (Å²) in [6.45, 7) is 5.51. The lowest BCUT2D eigenvalue weighted by atomic mass is 9.85. The molecule has 0 aromatic heterocycles. The average Bonchev–Trinajstić information content (AvgIpc) is 3.36. The summed E-state index contributed by atoms with van der Waals surface area (Å²) in [7, 11) is 1.76. The monoisotopic (exact) mass is 403 g/mol. The Morgan fingerprint density at radius 1 is 1.21 bits per heavy atom. The van der Waals surface area contributed by atoms with Crippen LogP contribution >= 0.6 is 0 Å². The largest absolute Gasteiger partial charge is 0.377 e. The van der Waals surface area contributed by atoms with E-state index in [-0.39, 0.29) is 34.9 Å². The predicted molar refractivity (Wildman–Crippen MR) is 111 cm³/mol. The van der Waals surface area contributed by atoms with Crippen molar-refractivity contribution in [2.75, 3.05) is 26.7 Å². The number of nitrogens with zero attached hydrogens (tertiary/aromatic N) is 3. The molecule has 0 aliphatic carbocycles. The van der Waals surface area contributed by atoms with Gasteiger partial charge in [0, 0.05) is 25.1 Å². The van der Waals surface area contributed by atoms with Crippen LogP contribution in [-0.4, -0.2) is 59.2 Å². The highest BCUT2D eigenvalue weighted by Gasteiger charge is 2.49. The molecule has 2 heterocycles. The van der Waals surface area contributed by atoms with Gasteiger partial charge in [-0.1, -0.05) is 44.2 Å². The first kappa shape index (κ1) is 21.7. The van der Waals surface area contributed by atoms with Crippen LogP contribution in [0.25, 0.3) is 0 Å². The Morgan fingerprint density at radius 3 is 2.48 bits per heavy atom. The summed E-state index contributed by atoms with van der Waals surface area (Å²) in [6.07, 6.45) is 4.46. The van der Waals surface area contributed by atoms with Gasteiger partial charge in [-0.2, -0.15) is 0 Å². The van der Waals surface area contributed by atoms with Gasteiger partial charge in [0.05, 0.1) is 23.5 Å². The maximum atomic E-state index is 13.4. The van der Waals surface area contributed by atoms with E-state index in [1.54, 1.807) is 7.11 Å². The van der Waals surface area contributed by atoms with Gasteiger partial charge >= 0.3 is 0 Å². The Morgan fingerprint density at radius 2 is 1.90 bits per heavy atom. The summed E-state index contributed by atoms with van der Waals surface area (Å²) < 4.78 is 5.97. The van der Waals surface area contributed by atoms with Crippen molar-refractivity contribution in [2.24, 2.45) is 5.92 Å². The molecule has 2 aliphatic heterocycles. The number of hydrogen-bond donors (Lipinski definition) is 0. The number of hydrazine groups is 1. The quantitative estimate of drug-likeness (QED) is 0.466. The van der Waals surface area contributed by atoms with Gasteiger partial charge in [0.1, 0.15) is 0 Å². The van der Waals surface area contributed by atoms with Crippen molar-refractivity contribution in [3.05, 3.63) is 46.0 Å². The minimum Gasteiger partial charge on any atom is -0.377 e. The van der Waals surface area contributed by atoms with Gasteiger partial charge in [-0.25, -0.2) is 5.01 Å². The van der Waals surface area contributed by atoms with Gasteiger partial charge in [0.25, 0.3) is 0 Å². The lowest BCUT2D eigenvalue weighted by Gasteiger charge is -2.44. The lowest BCUT2D eigenvalue weighted by molar-refractivity contribution is -0.484. The topological polar surface area (TPSA) is 75.9 Å². The average molecular weight is 404 g/mol. The minimum atomic E-state index is -0.394. The van der Waals surface area contributed by atoms with Crippen LogP contribution in [-0.2, 0) is 9.53 Å². The molecule has 0 bridgehead atoms. The van der Waals surface area contributed by atoms with Crippen LogP contribution in [0, 0.1) is 16.0 Å². The molecule has 3 atom stereocenters. The molecule has 7 nitrogen and oxygen atoms in total. The van der Waals surface area contributed by atoms with Crippen LogP contribution < -0.4 is 0 Å². The van der Waals surface area contributed by atoms with E-state index in [9.17, 15) is 14.9 Å². The first-order valence-electron chi connectivity index (χ1n) is 10.8. The van der Waals surface area contributed by atoms with E-state index in [1.807, 2.05) is 35.3 Å². The first-order valence-corrected chi connectivity index (χ1v) is 10.8. The van der Waals surface area contributed by atoms with Crippen LogP contribution in [0.1, 0.15) is 57.4 Å². The van der Waals surface area contributed by atoms with Crippen molar-refractivity contribution < 1.29 is 14.5 Å². The molecule has 0 saturated carbocycles. The summed E-state index contributed by atoms with van der Waals surface area (Å²) in [5.41, 5.74) is 0.602. The molecular formula is C22H33N3O4. The third-order valence-corrected chi connectivity index (χ3v) is 7.03. The number of carbonyl (C=O) groups is 1. The van der Waals surface area contributed by atoms with Crippen molar-refractivity contribution in [3.8, 4) is 0 Å². The Hall–Kier alpha value is -1.99. The standard InChI is InChI=1S/C22H33N3O4/c1-4-22(5-2,29-3)20-12-9-14-23(20)24-15-13-18(21(24)26)19(16-25(27)28)17-10-7-6-8-11-17/h6-8,10-11,18-20H,4-5,9,12-16H2,1-3H3/t18-,19+,20+/m1/s1. The van der Waals surface area contributed by atoms with E-state index in [2.05, 4.69) is 18.9 Å². The van der Waals surface area contributed by atoms with E-state index < -0.39 is 5.92 Å². The summed E-state index contributed by atoms with van der Waals surface area (Å²) in [5.74, 6) is -0.733. The highest BCUT2D eigenvalue weighted by atomic mass is 16.6. The zero-order valence-corrected chi connectivity index (χ0v) is 17.8. The van der Waals surface area contributed by atoms with Crippen molar-refractivity contribution >= 4 is 5.91 Å². The van der Waals surface area contributed by atoms with Crippen molar-refractivity contribution in [3.63, 3.8) is 0 Å². The Bertz CT molecular complexity index is 699. The van der Waals surface area contributed by atoms with E-state index in [0.717, 1.165) is 37.8 Å². The smallest absolute Gasteiger partial charge is 0.240 e. The summed E-state index contributed by atoms with van der Waals surface area (Å²) in [6, 6.07) is 9.61. The molecule has 3 rings (SSSR count). The summed E-state index contributed by atoms with van der Waals surface area (Å²) in [5, 5.41) is 15.4. The molecule has 2 aliphatic rings. The number of nitro groups is 1. The second kappa shape index (κ2) is 9.22. The molecular weight excluding hydrogens is 370 g/mol. The summed E-state index contributed by atoms with van der Waals surface area (Å²) >= 11 is 0. The highest BCUT2D eigenvalue weighted by molar-refractivity contribution is 5.81. The number of rotatable bonds is 9. The number of carbonyl (C=O) groups excluding carboxylic acids is 1. The third kappa shape index (κ3) is 4.16. The predicted octanol–water partition coefficient (Wildman–Crippen LogP) is 3.48. The number of hydrogen-bond acceptors (Lipinski definition) is 5. The molecule has 0 unspecified atom stereocenters. The van der Waals surface area contributed by atoms with E-state index in [0.29, 0.717) is 13.0 Å². The van der Waals surface area contributed by atoms with Crippen LogP contribution in [0.15, 0.2) is 30.3 Å². The van der Waals surface area contributed by atoms with Crippen LogP contribution in [0.2, 0.25) is 0 Å². The molecule has 1 aromatic rings. The molecule has 0 radical (unpaired) electrons. The zero-order valence-electron chi connectivity index (χ0n) is 17.8. The molecule has 2 fully saturated rings. The molecule has 7 heteroatoms. The second-order valence-corrected chi connectivity index (χ2v) is 8.19. The molecule has 0 N–H and O–H groups in total. The Kier molecular flexibility index (Phi) is 6.90. The molecule has 0 spiro atoms. The van der Waals surface area contributed by atoms with Gasteiger partial charge in [-0.05, 0) is 37.7 Å². The minimum absolute atomic E-state index is 0.0183. The van der Waals surface area contributed by atoms with Gasteiger partial charge < -0.3 is 4.74 Å². The first-order chi connectivity index (χ1) is 14.0. The molecule has 1 aromatic carbocycles. The maximum absolute atomic E-state index is 13.4. The van der Waals surface area contributed by atoms with Gasteiger partial charge in [0.2, 0.25) is 12.5 Å². The van der Waals surface area contributed by atoms with Crippen molar-refractivity contribution in [1.29, 1.82) is 0 Å². The van der Waals surface area contributed by atoms with Crippen molar-refractivity contribution in [2.45, 2.75) is 63.5 Å². The Labute approximate surface area is 173 Å².